The van der Waals surface area contributed by atoms with Crippen molar-refractivity contribution in [1.82, 2.24) is 4.98 Å². The molecule has 9 heteroatoms. The Morgan fingerprint density at radius 2 is 1.50 bits per heavy atom. The van der Waals surface area contributed by atoms with E-state index in [0.29, 0.717) is 12.1 Å². The van der Waals surface area contributed by atoms with Crippen LogP contribution in [0.2, 0.25) is 10.0 Å². The van der Waals surface area contributed by atoms with Crippen LogP contribution in [0, 0.1) is 17.5 Å². The summed E-state index contributed by atoms with van der Waals surface area (Å²) >= 11 is 11.6. The fourth-order valence-corrected chi connectivity index (χ4v) is 1.86. The summed E-state index contributed by atoms with van der Waals surface area (Å²) in [5.74, 6) is 1.74. The van der Waals surface area contributed by atoms with Crippen LogP contribution in [-0.4, -0.2) is 4.98 Å². The first-order valence-electron chi connectivity index (χ1n) is 5.16. The molecule has 0 aliphatic rings. The maximum Gasteiger partial charge on any atom is 0.161 e. The molecular formula is C11H7Cl2F3N4. The molecule has 2 aromatic rings. The van der Waals surface area contributed by atoms with Gasteiger partial charge in [-0.05, 0) is 6.07 Å². The van der Waals surface area contributed by atoms with E-state index in [-0.39, 0.29) is 27.4 Å². The summed E-state index contributed by atoms with van der Waals surface area (Å²) in [4.78, 5) is 3.88. The molecule has 0 aliphatic heterocycles. The molecule has 0 amide bonds. The first-order chi connectivity index (χ1) is 9.42. The third kappa shape index (κ3) is 2.90. The van der Waals surface area contributed by atoms with Gasteiger partial charge in [-0.1, -0.05) is 23.2 Å². The number of anilines is 3. The van der Waals surface area contributed by atoms with E-state index in [1.165, 1.54) is 6.07 Å². The van der Waals surface area contributed by atoms with Crippen molar-refractivity contribution in [3.8, 4) is 0 Å². The molecule has 0 saturated carbocycles. The van der Waals surface area contributed by atoms with Crippen molar-refractivity contribution in [3.63, 3.8) is 0 Å². The van der Waals surface area contributed by atoms with Crippen molar-refractivity contribution in [2.75, 3.05) is 10.7 Å². The second-order valence-corrected chi connectivity index (χ2v) is 4.48. The highest BCUT2D eigenvalue weighted by Crippen LogP contribution is 2.31. The van der Waals surface area contributed by atoms with Crippen LogP contribution in [-0.2, 0) is 0 Å². The lowest BCUT2D eigenvalue weighted by molar-refractivity contribution is 0.496. The molecule has 4 N–H and O–H groups in total. The number of rotatable bonds is 3. The van der Waals surface area contributed by atoms with Crippen LogP contribution >= 0.6 is 23.2 Å². The first kappa shape index (κ1) is 14.7. The second kappa shape index (κ2) is 5.74. The standard InChI is InChI=1S/C11H7Cl2F3N4/c12-4-1-5(13)11(20-17)19-10(4)18-9-3-7(15)6(14)2-8(9)16/h1-3H,17H2,(H2,18,19,20). The molecule has 0 bridgehead atoms. The third-order valence-electron chi connectivity index (χ3n) is 2.33. The fraction of sp³-hybridized carbons (Fsp3) is 0. The highest BCUT2D eigenvalue weighted by molar-refractivity contribution is 6.37. The van der Waals surface area contributed by atoms with Crippen LogP contribution in [0.4, 0.5) is 30.5 Å². The molecule has 106 valence electrons. The molecule has 1 aromatic heterocycles. The van der Waals surface area contributed by atoms with Gasteiger partial charge in [0, 0.05) is 12.1 Å². The largest absolute Gasteiger partial charge is 0.336 e. The van der Waals surface area contributed by atoms with E-state index in [4.69, 9.17) is 29.0 Å². The summed E-state index contributed by atoms with van der Waals surface area (Å²) in [7, 11) is 0. The molecule has 0 unspecified atom stereocenters. The molecule has 0 saturated heterocycles. The van der Waals surface area contributed by atoms with E-state index in [9.17, 15) is 13.2 Å². The van der Waals surface area contributed by atoms with E-state index in [1.54, 1.807) is 0 Å². The number of nitrogen functional groups attached to an aromatic ring is 1. The van der Waals surface area contributed by atoms with Crippen molar-refractivity contribution >= 4 is 40.5 Å². The number of aromatic nitrogens is 1. The molecule has 0 atom stereocenters. The predicted octanol–water partition coefficient (Wildman–Crippen LogP) is 3.83. The average molecular weight is 323 g/mol. The van der Waals surface area contributed by atoms with Gasteiger partial charge >= 0.3 is 0 Å². The minimum absolute atomic E-state index is 0.0195. The van der Waals surface area contributed by atoms with Gasteiger partial charge in [-0.25, -0.2) is 24.0 Å². The molecule has 2 rings (SSSR count). The summed E-state index contributed by atoms with van der Waals surface area (Å²) in [5.41, 5.74) is 1.88. The van der Waals surface area contributed by atoms with Gasteiger partial charge in [-0.3, -0.25) is 0 Å². The van der Waals surface area contributed by atoms with Gasteiger partial charge in [0.05, 0.1) is 15.7 Å². The number of nitrogens with zero attached hydrogens (tertiary/aromatic N) is 1. The number of hydrogen-bond acceptors (Lipinski definition) is 4. The Labute approximate surface area is 121 Å². The topological polar surface area (TPSA) is 63.0 Å². The van der Waals surface area contributed by atoms with E-state index in [1.807, 2.05) is 0 Å². The molecular weight excluding hydrogens is 316 g/mol. The number of nitrogens with one attached hydrogen (secondary N) is 2. The zero-order valence-electron chi connectivity index (χ0n) is 9.65. The molecule has 0 aliphatic carbocycles. The second-order valence-electron chi connectivity index (χ2n) is 3.66. The zero-order valence-corrected chi connectivity index (χ0v) is 11.2. The maximum absolute atomic E-state index is 13.5. The lowest BCUT2D eigenvalue weighted by atomic mass is 10.2. The van der Waals surface area contributed by atoms with Crippen molar-refractivity contribution in [2.24, 2.45) is 5.84 Å². The van der Waals surface area contributed by atoms with Crippen LogP contribution in [0.1, 0.15) is 0 Å². The zero-order chi connectivity index (χ0) is 14.9. The van der Waals surface area contributed by atoms with Gasteiger partial charge in [-0.15, -0.1) is 0 Å². The van der Waals surface area contributed by atoms with Crippen LogP contribution < -0.4 is 16.6 Å². The Bertz CT molecular complexity index is 667. The minimum atomic E-state index is -1.30. The van der Waals surface area contributed by atoms with Crippen molar-refractivity contribution < 1.29 is 13.2 Å². The SMILES string of the molecule is NNc1nc(Nc2cc(F)c(F)cc2F)c(Cl)cc1Cl. The predicted molar refractivity (Wildman–Crippen MR) is 71.7 cm³/mol. The molecule has 20 heavy (non-hydrogen) atoms. The molecule has 0 fully saturated rings. The number of pyridine rings is 1. The van der Waals surface area contributed by atoms with E-state index in [2.05, 4.69) is 15.7 Å². The smallest absolute Gasteiger partial charge is 0.161 e. The van der Waals surface area contributed by atoms with Gasteiger partial charge in [0.15, 0.2) is 23.3 Å². The summed E-state index contributed by atoms with van der Waals surface area (Å²) in [6.45, 7) is 0. The number of hydrazine groups is 1. The fourth-order valence-electron chi connectivity index (χ4n) is 1.40. The Kier molecular flexibility index (Phi) is 4.22. The quantitative estimate of drug-likeness (QED) is 0.456. The Morgan fingerprint density at radius 3 is 2.15 bits per heavy atom. The normalized spacial score (nSPS) is 10.5. The third-order valence-corrected chi connectivity index (χ3v) is 2.91. The molecule has 1 aromatic carbocycles. The minimum Gasteiger partial charge on any atom is -0.336 e. The highest BCUT2D eigenvalue weighted by atomic mass is 35.5. The summed E-state index contributed by atoms with van der Waals surface area (Å²) in [6, 6.07) is 2.36. The Balaban J connectivity index is 2.42. The van der Waals surface area contributed by atoms with Crippen molar-refractivity contribution in [2.45, 2.75) is 0 Å². The lowest BCUT2D eigenvalue weighted by Crippen LogP contribution is -2.10. The maximum atomic E-state index is 13.5. The summed E-state index contributed by atoms with van der Waals surface area (Å²) in [6.07, 6.45) is 0. The van der Waals surface area contributed by atoms with Gasteiger partial charge in [0.1, 0.15) is 5.82 Å². The molecule has 0 spiro atoms. The lowest BCUT2D eigenvalue weighted by Gasteiger charge is -2.11. The van der Waals surface area contributed by atoms with Gasteiger partial charge < -0.3 is 10.7 Å². The number of nitrogens with two attached hydrogens (primary N) is 1. The first-order valence-corrected chi connectivity index (χ1v) is 5.92. The monoisotopic (exact) mass is 322 g/mol. The van der Waals surface area contributed by atoms with Crippen LogP contribution in [0.3, 0.4) is 0 Å². The van der Waals surface area contributed by atoms with Crippen molar-refractivity contribution in [3.05, 3.63) is 45.7 Å². The van der Waals surface area contributed by atoms with E-state index < -0.39 is 17.5 Å². The van der Waals surface area contributed by atoms with Crippen LogP contribution in [0.25, 0.3) is 0 Å². The number of halogens is 5. The van der Waals surface area contributed by atoms with Crippen LogP contribution in [0.5, 0.6) is 0 Å². The Hall–Kier alpha value is -1.70. The van der Waals surface area contributed by atoms with Gasteiger partial charge in [-0.2, -0.15) is 0 Å². The summed E-state index contributed by atoms with van der Waals surface area (Å²) < 4.78 is 39.4. The van der Waals surface area contributed by atoms with Crippen molar-refractivity contribution in [1.29, 1.82) is 0 Å². The van der Waals surface area contributed by atoms with E-state index >= 15 is 0 Å². The number of benzene rings is 1. The molecule has 4 nitrogen and oxygen atoms in total. The Morgan fingerprint density at radius 1 is 0.900 bits per heavy atom. The summed E-state index contributed by atoms with van der Waals surface area (Å²) in [5, 5.41) is 2.63. The van der Waals surface area contributed by atoms with Crippen LogP contribution in [0.15, 0.2) is 18.2 Å². The van der Waals surface area contributed by atoms with E-state index in [0.717, 1.165) is 0 Å². The van der Waals surface area contributed by atoms with Gasteiger partial charge in [0.2, 0.25) is 0 Å². The molecule has 1 heterocycles. The molecule has 0 radical (unpaired) electrons. The number of hydrogen-bond donors (Lipinski definition) is 3. The highest BCUT2D eigenvalue weighted by Gasteiger charge is 2.13. The average Bonchev–Trinajstić information content (AvgIpc) is 2.38. The van der Waals surface area contributed by atoms with Gasteiger partial charge in [0.25, 0.3) is 0 Å².